The molecule has 3 rings (SSSR count). The minimum absolute atomic E-state index is 0.0424. The second-order valence-electron chi connectivity index (χ2n) is 6.00. The van der Waals surface area contributed by atoms with E-state index in [9.17, 15) is 4.79 Å². The molecule has 3 fully saturated rings. The second kappa shape index (κ2) is 4.53. The van der Waals surface area contributed by atoms with Gasteiger partial charge in [0.25, 0.3) is 5.91 Å². The third-order valence-electron chi connectivity index (χ3n) is 5.02. The number of carbonyl (C=O) groups excluding carboxylic acids is 1. The van der Waals surface area contributed by atoms with Crippen molar-refractivity contribution in [1.29, 1.82) is 0 Å². The quantitative estimate of drug-likeness (QED) is 0.634. The Labute approximate surface area is 119 Å². The fraction of sp³-hybridized carbons (Fsp3) is 0.923. The molecule has 0 unspecified atom stereocenters. The second-order valence-corrected chi connectivity index (χ2v) is 6.68. The molecular formula is C13H20Cl2N2O. The van der Waals surface area contributed by atoms with Crippen molar-refractivity contribution in [2.45, 2.75) is 75.4 Å². The normalized spacial score (nSPS) is 31.4. The smallest absolute Gasteiger partial charge is 0.260 e. The highest BCUT2D eigenvalue weighted by Gasteiger charge is 2.64. The Morgan fingerprint density at radius 3 is 1.89 bits per heavy atom. The summed E-state index contributed by atoms with van der Waals surface area (Å²) in [6.07, 6.45) is 10.3. The highest BCUT2D eigenvalue weighted by atomic mass is 35.5. The maximum absolute atomic E-state index is 12.6. The molecule has 0 radical (unpaired) electrons. The molecule has 3 nitrogen and oxygen atoms in total. The Morgan fingerprint density at radius 2 is 1.33 bits per heavy atom. The van der Waals surface area contributed by atoms with Gasteiger partial charge in [0.15, 0.2) is 0 Å². The molecule has 0 bridgehead atoms. The Kier molecular flexibility index (Phi) is 3.28. The van der Waals surface area contributed by atoms with Crippen molar-refractivity contribution in [2.75, 3.05) is 0 Å². The lowest BCUT2D eigenvalue weighted by Gasteiger charge is -2.43. The number of amides is 1. The average molecular weight is 291 g/mol. The van der Waals surface area contributed by atoms with Crippen molar-refractivity contribution in [3.8, 4) is 0 Å². The van der Waals surface area contributed by atoms with E-state index >= 15 is 0 Å². The molecule has 2 spiro atoms. The first-order valence-corrected chi connectivity index (χ1v) is 7.78. The van der Waals surface area contributed by atoms with Crippen LogP contribution in [-0.2, 0) is 4.79 Å². The molecule has 0 aromatic rings. The van der Waals surface area contributed by atoms with Crippen molar-refractivity contribution in [1.82, 2.24) is 8.84 Å². The summed E-state index contributed by atoms with van der Waals surface area (Å²) in [5, 5.41) is 0. The van der Waals surface area contributed by atoms with Gasteiger partial charge < -0.3 is 0 Å². The summed E-state index contributed by atoms with van der Waals surface area (Å²) in [5.41, 5.74) is -0.936. The van der Waals surface area contributed by atoms with Gasteiger partial charge in [-0.3, -0.25) is 4.79 Å². The van der Waals surface area contributed by atoms with E-state index in [4.69, 9.17) is 23.6 Å². The summed E-state index contributed by atoms with van der Waals surface area (Å²) in [5.74, 6) is 0.0424. The molecule has 5 heteroatoms. The molecule has 2 saturated carbocycles. The third-order valence-corrected chi connectivity index (χ3v) is 6.12. The van der Waals surface area contributed by atoms with E-state index < -0.39 is 11.2 Å². The monoisotopic (exact) mass is 290 g/mol. The van der Waals surface area contributed by atoms with E-state index in [0.29, 0.717) is 0 Å². The van der Waals surface area contributed by atoms with Crippen molar-refractivity contribution in [3.05, 3.63) is 0 Å². The molecule has 0 atom stereocenters. The Morgan fingerprint density at radius 1 is 0.833 bits per heavy atom. The SMILES string of the molecule is O=C1N(Cl)C2(CCCCC2)N(Cl)C12CCCCC2. The van der Waals surface area contributed by atoms with Crippen LogP contribution >= 0.6 is 23.6 Å². The lowest BCUT2D eigenvalue weighted by atomic mass is 9.81. The van der Waals surface area contributed by atoms with Crippen molar-refractivity contribution >= 4 is 29.5 Å². The third kappa shape index (κ3) is 1.56. The van der Waals surface area contributed by atoms with Gasteiger partial charge in [0, 0.05) is 11.8 Å². The lowest BCUT2D eigenvalue weighted by molar-refractivity contribution is -0.131. The zero-order chi connectivity index (χ0) is 12.8. The number of carbonyl (C=O) groups is 1. The van der Waals surface area contributed by atoms with Crippen LogP contribution in [0.3, 0.4) is 0 Å². The van der Waals surface area contributed by atoms with Crippen molar-refractivity contribution in [2.24, 2.45) is 0 Å². The van der Waals surface area contributed by atoms with Crippen LogP contribution in [0.15, 0.2) is 0 Å². The van der Waals surface area contributed by atoms with E-state index in [2.05, 4.69) is 0 Å². The fourth-order valence-corrected chi connectivity index (χ4v) is 4.92. The van der Waals surface area contributed by atoms with Gasteiger partial charge in [-0.15, -0.1) is 0 Å². The van der Waals surface area contributed by atoms with E-state index in [-0.39, 0.29) is 5.91 Å². The molecule has 1 aliphatic heterocycles. The fourth-order valence-electron chi connectivity index (χ4n) is 3.99. The molecule has 1 saturated heterocycles. The first-order chi connectivity index (χ1) is 8.63. The standard InChI is InChI=1S/C13H20Cl2N2O/c14-16-11(18)12(7-3-1-4-8-12)17(15)13(16)9-5-2-6-10-13/h1-10H2. The van der Waals surface area contributed by atoms with Gasteiger partial charge in [0.05, 0.1) is 0 Å². The predicted molar refractivity (Wildman–Crippen MR) is 72.0 cm³/mol. The van der Waals surface area contributed by atoms with E-state index in [1.165, 1.54) is 17.3 Å². The van der Waals surface area contributed by atoms with Gasteiger partial charge in [0.2, 0.25) is 0 Å². The van der Waals surface area contributed by atoms with E-state index in [1.54, 1.807) is 0 Å². The van der Waals surface area contributed by atoms with Gasteiger partial charge >= 0.3 is 0 Å². The maximum Gasteiger partial charge on any atom is 0.260 e. The van der Waals surface area contributed by atoms with Crippen LogP contribution in [0, 0.1) is 0 Å². The molecule has 0 N–H and O–H groups in total. The number of halogens is 2. The summed E-state index contributed by atoms with van der Waals surface area (Å²) in [6.45, 7) is 0. The van der Waals surface area contributed by atoms with Crippen LogP contribution in [0.2, 0.25) is 0 Å². The molecule has 1 heterocycles. The van der Waals surface area contributed by atoms with Crippen molar-refractivity contribution in [3.63, 3.8) is 0 Å². The molecule has 0 aromatic carbocycles. The predicted octanol–water partition coefficient (Wildman–Crippen LogP) is 3.80. The Balaban J connectivity index is 1.96. The van der Waals surface area contributed by atoms with Crippen molar-refractivity contribution < 1.29 is 4.79 Å². The highest BCUT2D eigenvalue weighted by Crippen LogP contribution is 2.53. The molecule has 18 heavy (non-hydrogen) atoms. The van der Waals surface area contributed by atoms with Crippen LogP contribution in [0.4, 0.5) is 0 Å². The summed E-state index contributed by atoms with van der Waals surface area (Å²) < 4.78 is 3.28. The minimum atomic E-state index is -0.515. The number of rotatable bonds is 0. The van der Waals surface area contributed by atoms with E-state index in [0.717, 1.165) is 51.4 Å². The van der Waals surface area contributed by atoms with Crippen LogP contribution in [-0.4, -0.2) is 25.9 Å². The van der Waals surface area contributed by atoms with Gasteiger partial charge in [-0.05, 0) is 50.3 Å². The molecule has 102 valence electrons. The van der Waals surface area contributed by atoms with Crippen LogP contribution < -0.4 is 0 Å². The first kappa shape index (κ1) is 13.0. The molecule has 3 aliphatic rings. The number of nitrogens with zero attached hydrogens (tertiary/aromatic N) is 2. The molecule has 1 amide bonds. The first-order valence-electron chi connectivity index (χ1n) is 7.10. The minimum Gasteiger partial charge on any atom is -0.271 e. The highest BCUT2D eigenvalue weighted by molar-refractivity contribution is 6.27. The summed E-state index contributed by atoms with van der Waals surface area (Å²) in [6, 6.07) is 0. The topological polar surface area (TPSA) is 23.6 Å². The Bertz CT molecular complexity index is 349. The van der Waals surface area contributed by atoms with Gasteiger partial charge in [-0.1, -0.05) is 25.7 Å². The molecule has 2 aliphatic carbocycles. The molecular weight excluding hydrogens is 271 g/mol. The van der Waals surface area contributed by atoms with Gasteiger partial charge in [-0.25, -0.2) is 4.42 Å². The summed E-state index contributed by atoms with van der Waals surface area (Å²) in [7, 11) is 0. The van der Waals surface area contributed by atoms with E-state index in [1.807, 2.05) is 4.42 Å². The largest absolute Gasteiger partial charge is 0.271 e. The maximum atomic E-state index is 12.6. The lowest BCUT2D eigenvalue weighted by Crippen LogP contribution is -2.53. The zero-order valence-electron chi connectivity index (χ0n) is 10.6. The Hall–Kier alpha value is 0.01000. The molecule has 0 aromatic heterocycles. The van der Waals surface area contributed by atoms with Gasteiger partial charge in [0.1, 0.15) is 11.2 Å². The average Bonchev–Trinajstić information content (AvgIpc) is 2.57. The number of hydrogen-bond donors (Lipinski definition) is 0. The van der Waals surface area contributed by atoms with Crippen LogP contribution in [0.25, 0.3) is 0 Å². The number of hydrogen-bond acceptors (Lipinski definition) is 2. The van der Waals surface area contributed by atoms with Gasteiger partial charge in [-0.2, -0.15) is 4.42 Å². The van der Waals surface area contributed by atoms with Crippen LogP contribution in [0.1, 0.15) is 64.2 Å². The summed E-state index contributed by atoms with van der Waals surface area (Å²) >= 11 is 13.0. The zero-order valence-corrected chi connectivity index (χ0v) is 12.1. The van der Waals surface area contributed by atoms with Crippen LogP contribution in [0.5, 0.6) is 0 Å². The summed E-state index contributed by atoms with van der Waals surface area (Å²) in [4.78, 5) is 12.6.